The molecule has 2 saturated heterocycles. The van der Waals surface area contributed by atoms with Crippen LogP contribution in [0.5, 0.6) is 0 Å². The predicted octanol–water partition coefficient (Wildman–Crippen LogP) is 6.70. The summed E-state index contributed by atoms with van der Waals surface area (Å²) in [6.45, 7) is 1.69. The van der Waals surface area contributed by atoms with Crippen molar-refractivity contribution in [2.75, 3.05) is 32.7 Å². The lowest BCUT2D eigenvalue weighted by molar-refractivity contribution is 0.452. The van der Waals surface area contributed by atoms with E-state index in [9.17, 15) is 0 Å². The lowest BCUT2D eigenvalue weighted by Gasteiger charge is -2.57. The van der Waals surface area contributed by atoms with E-state index in [2.05, 4.69) is 112 Å². The van der Waals surface area contributed by atoms with Gasteiger partial charge in [-0.15, -0.1) is 0 Å². The molecule has 0 unspecified atom stereocenters. The average Bonchev–Trinajstić information content (AvgIpc) is 3.29. The van der Waals surface area contributed by atoms with Crippen molar-refractivity contribution in [3.63, 3.8) is 0 Å². The maximum atomic E-state index is 6.32. The van der Waals surface area contributed by atoms with Gasteiger partial charge in [-0.3, -0.25) is 9.80 Å². The Morgan fingerprint density at radius 3 is 1.33 bits per heavy atom. The molecule has 6 rings (SSSR count). The van der Waals surface area contributed by atoms with Crippen LogP contribution in [0.2, 0.25) is 0 Å². The smallest absolute Gasteiger partial charge is 0.205 e. The monoisotopic (exact) mass is 506 g/mol. The van der Waals surface area contributed by atoms with Crippen LogP contribution in [-0.4, -0.2) is 29.0 Å². The molecule has 0 aromatic heterocycles. The summed E-state index contributed by atoms with van der Waals surface area (Å²) in [5, 5.41) is 0.674. The highest BCUT2D eigenvalue weighted by Gasteiger charge is 2.58. The summed E-state index contributed by atoms with van der Waals surface area (Å²) < 4.78 is 0. The standard InChI is InChI=1S/C30H26N4S2/c35-28-23-30(31(24-13-5-1-6-14-24)21-22-32(30)25-15-7-2-8-16-25)34(27-19-11-4-12-20-27)29(36)33(28)26-17-9-3-10-18-26/h1-20H,21-23H2. The normalized spacial score (nSPS) is 17.2. The van der Waals surface area contributed by atoms with Gasteiger partial charge in [-0.1, -0.05) is 85.0 Å². The molecule has 4 aromatic carbocycles. The number of rotatable bonds is 4. The molecule has 6 heteroatoms. The van der Waals surface area contributed by atoms with Crippen molar-refractivity contribution in [1.82, 2.24) is 0 Å². The van der Waals surface area contributed by atoms with E-state index in [1.54, 1.807) is 0 Å². The highest BCUT2D eigenvalue weighted by atomic mass is 32.1. The van der Waals surface area contributed by atoms with E-state index in [-0.39, 0.29) is 0 Å². The largest absolute Gasteiger partial charge is 0.329 e. The van der Waals surface area contributed by atoms with Crippen LogP contribution in [-0.2, 0) is 0 Å². The summed E-state index contributed by atoms with van der Waals surface area (Å²) in [6.07, 6.45) is 0.607. The zero-order valence-electron chi connectivity index (χ0n) is 19.8. The topological polar surface area (TPSA) is 13.0 Å². The molecule has 0 atom stereocenters. The first kappa shape index (κ1) is 22.7. The van der Waals surface area contributed by atoms with E-state index in [1.807, 2.05) is 29.2 Å². The summed E-state index contributed by atoms with van der Waals surface area (Å²) in [4.78, 5) is 10.1. The van der Waals surface area contributed by atoms with Gasteiger partial charge in [0, 0.05) is 35.8 Å². The Morgan fingerprint density at radius 1 is 0.500 bits per heavy atom. The highest BCUT2D eigenvalue weighted by molar-refractivity contribution is 7.82. The van der Waals surface area contributed by atoms with E-state index in [4.69, 9.17) is 24.4 Å². The molecule has 4 aromatic rings. The third kappa shape index (κ3) is 3.65. The fourth-order valence-corrected chi connectivity index (χ4v) is 6.38. The molecular formula is C30H26N4S2. The number of nitrogens with zero attached hydrogens (tertiary/aromatic N) is 4. The van der Waals surface area contributed by atoms with Crippen LogP contribution in [0.3, 0.4) is 0 Å². The van der Waals surface area contributed by atoms with E-state index in [0.717, 1.165) is 40.8 Å². The van der Waals surface area contributed by atoms with Gasteiger partial charge in [0.25, 0.3) is 0 Å². The molecule has 2 aliphatic rings. The molecular weight excluding hydrogens is 480 g/mol. The molecule has 0 amide bonds. The number of anilines is 4. The molecule has 4 nitrogen and oxygen atoms in total. The van der Waals surface area contributed by atoms with E-state index >= 15 is 0 Å². The van der Waals surface area contributed by atoms with Gasteiger partial charge in [0.2, 0.25) is 5.79 Å². The van der Waals surface area contributed by atoms with Crippen molar-refractivity contribution in [2.45, 2.75) is 12.2 Å². The van der Waals surface area contributed by atoms with Crippen molar-refractivity contribution in [1.29, 1.82) is 0 Å². The summed E-state index contributed by atoms with van der Waals surface area (Å²) >= 11 is 12.5. The third-order valence-electron chi connectivity index (χ3n) is 6.95. The third-order valence-corrected chi connectivity index (χ3v) is 7.65. The molecule has 0 aliphatic carbocycles. The van der Waals surface area contributed by atoms with E-state index < -0.39 is 5.79 Å². The Morgan fingerprint density at radius 2 is 0.889 bits per heavy atom. The zero-order chi connectivity index (χ0) is 24.5. The van der Waals surface area contributed by atoms with Crippen molar-refractivity contribution in [2.24, 2.45) is 0 Å². The number of thiocarbonyl (C=S) groups is 2. The molecule has 2 aliphatic heterocycles. The van der Waals surface area contributed by atoms with Crippen molar-refractivity contribution in [3.8, 4) is 0 Å². The van der Waals surface area contributed by atoms with Crippen LogP contribution >= 0.6 is 24.4 Å². The zero-order valence-corrected chi connectivity index (χ0v) is 21.4. The van der Waals surface area contributed by atoms with Crippen LogP contribution in [0.4, 0.5) is 22.7 Å². The first-order valence-corrected chi connectivity index (χ1v) is 12.9. The second-order valence-electron chi connectivity index (χ2n) is 8.94. The molecule has 2 fully saturated rings. The van der Waals surface area contributed by atoms with Crippen molar-refractivity contribution >= 4 is 57.3 Å². The lowest BCUT2D eigenvalue weighted by Crippen LogP contribution is -2.74. The number of para-hydroxylation sites is 4. The van der Waals surface area contributed by atoms with Crippen LogP contribution in [0.15, 0.2) is 121 Å². The van der Waals surface area contributed by atoms with Gasteiger partial charge in [-0.05, 0) is 60.7 Å². The van der Waals surface area contributed by atoms with Gasteiger partial charge in [0.1, 0.15) is 0 Å². The summed E-state index contributed by atoms with van der Waals surface area (Å²) in [7, 11) is 0. The quantitative estimate of drug-likeness (QED) is 0.284. The Labute approximate surface area is 223 Å². The minimum absolute atomic E-state index is 0.607. The van der Waals surface area contributed by atoms with Gasteiger partial charge in [0.15, 0.2) is 5.11 Å². The Hall–Kier alpha value is -3.74. The second-order valence-corrected chi connectivity index (χ2v) is 9.78. The van der Waals surface area contributed by atoms with E-state index in [1.165, 1.54) is 0 Å². The Bertz CT molecular complexity index is 1320. The summed E-state index contributed by atoms with van der Waals surface area (Å²) in [5.74, 6) is -0.635. The first-order chi connectivity index (χ1) is 17.7. The average molecular weight is 507 g/mol. The number of hydrogen-bond donors (Lipinski definition) is 0. The maximum Gasteiger partial charge on any atom is 0.205 e. The van der Waals surface area contributed by atoms with Crippen LogP contribution in [0.25, 0.3) is 0 Å². The molecule has 0 bridgehead atoms. The fraction of sp³-hybridized carbons (Fsp3) is 0.133. The Kier molecular flexibility index (Phi) is 5.91. The SMILES string of the molecule is S=C1CC2(N(c3ccccc3)CCN2c2ccccc2)N(c2ccccc2)C(=S)N1c1ccccc1. The minimum atomic E-state index is -0.635. The second kappa shape index (κ2) is 9.37. The maximum absolute atomic E-state index is 6.32. The van der Waals surface area contributed by atoms with Gasteiger partial charge >= 0.3 is 0 Å². The first-order valence-electron chi connectivity index (χ1n) is 12.1. The lowest BCUT2D eigenvalue weighted by atomic mass is 10.0. The van der Waals surface area contributed by atoms with Crippen LogP contribution in [0, 0.1) is 0 Å². The summed E-state index contributed by atoms with van der Waals surface area (Å²) in [5.41, 5.74) is 4.32. The molecule has 36 heavy (non-hydrogen) atoms. The van der Waals surface area contributed by atoms with Crippen molar-refractivity contribution < 1.29 is 0 Å². The molecule has 1 spiro atoms. The van der Waals surface area contributed by atoms with E-state index in [0.29, 0.717) is 11.5 Å². The molecule has 178 valence electrons. The predicted molar refractivity (Wildman–Crippen MR) is 158 cm³/mol. The Balaban J connectivity index is 1.59. The molecule has 0 N–H and O–H groups in total. The molecule has 0 radical (unpaired) electrons. The van der Waals surface area contributed by atoms with Gasteiger partial charge in [-0.2, -0.15) is 0 Å². The van der Waals surface area contributed by atoms with Crippen LogP contribution in [0.1, 0.15) is 6.42 Å². The number of benzene rings is 4. The summed E-state index contributed by atoms with van der Waals surface area (Å²) in [6, 6.07) is 41.9. The minimum Gasteiger partial charge on any atom is -0.329 e. The van der Waals surface area contributed by atoms with Gasteiger partial charge in [-0.25, -0.2) is 0 Å². The highest BCUT2D eigenvalue weighted by Crippen LogP contribution is 2.46. The number of hydrogen-bond acceptors (Lipinski definition) is 4. The molecule has 2 heterocycles. The fourth-order valence-electron chi connectivity index (χ4n) is 5.47. The molecule has 0 saturated carbocycles. The van der Waals surface area contributed by atoms with Crippen molar-refractivity contribution in [3.05, 3.63) is 121 Å². The van der Waals surface area contributed by atoms with Gasteiger partial charge in [0.05, 0.1) is 11.4 Å². The van der Waals surface area contributed by atoms with Gasteiger partial charge < -0.3 is 9.80 Å². The van der Waals surface area contributed by atoms with Crippen LogP contribution < -0.4 is 19.6 Å².